The van der Waals surface area contributed by atoms with E-state index < -0.39 is 5.97 Å². The number of hydrogen-bond donors (Lipinski definition) is 1. The van der Waals surface area contributed by atoms with Crippen molar-refractivity contribution in [2.45, 2.75) is 33.2 Å². The van der Waals surface area contributed by atoms with Gasteiger partial charge in [-0.1, -0.05) is 32.0 Å². The molecule has 0 fully saturated rings. The number of carbonyl (C=O) groups is 3. The van der Waals surface area contributed by atoms with Crippen molar-refractivity contribution in [3.05, 3.63) is 76.6 Å². The number of benzene rings is 2. The number of nitrogens with one attached hydrogen (secondary N) is 1. The minimum absolute atomic E-state index is 0.215. The molecular formula is C27H27N3O4. The van der Waals surface area contributed by atoms with E-state index in [9.17, 15) is 14.4 Å². The quantitative estimate of drug-likeness (QED) is 0.592. The van der Waals surface area contributed by atoms with Crippen LogP contribution in [-0.2, 0) is 20.9 Å². The van der Waals surface area contributed by atoms with E-state index >= 15 is 0 Å². The highest BCUT2D eigenvalue weighted by molar-refractivity contribution is 6.11. The summed E-state index contributed by atoms with van der Waals surface area (Å²) in [6.07, 6.45) is 2.13. The molecule has 174 valence electrons. The first-order valence-electron chi connectivity index (χ1n) is 11.4. The number of aromatic nitrogens is 1. The maximum Gasteiger partial charge on any atom is 0.337 e. The first-order valence-corrected chi connectivity index (χ1v) is 11.4. The van der Waals surface area contributed by atoms with Crippen molar-refractivity contribution >= 4 is 34.4 Å². The molecule has 0 aliphatic carbocycles. The Kier molecular flexibility index (Phi) is 5.27. The summed E-state index contributed by atoms with van der Waals surface area (Å²) in [6, 6.07) is 13.3. The van der Waals surface area contributed by atoms with E-state index in [1.807, 2.05) is 24.3 Å². The highest BCUT2D eigenvalue weighted by atomic mass is 16.5. The normalized spacial score (nSPS) is 17.1. The molecule has 7 nitrogen and oxygen atoms in total. The monoisotopic (exact) mass is 457 g/mol. The number of hydrogen-bond acceptors (Lipinski definition) is 5. The lowest BCUT2D eigenvalue weighted by atomic mass is 9.84. The van der Waals surface area contributed by atoms with Crippen molar-refractivity contribution in [1.29, 1.82) is 0 Å². The Balaban J connectivity index is 1.75. The van der Waals surface area contributed by atoms with Gasteiger partial charge in [0.25, 0.3) is 5.91 Å². The first-order chi connectivity index (χ1) is 16.3. The fourth-order valence-electron chi connectivity index (χ4n) is 5.09. The lowest BCUT2D eigenvalue weighted by Crippen LogP contribution is -2.33. The number of imide groups is 1. The van der Waals surface area contributed by atoms with Gasteiger partial charge in [-0.3, -0.25) is 14.5 Å². The van der Waals surface area contributed by atoms with E-state index in [0.717, 1.165) is 40.0 Å². The van der Waals surface area contributed by atoms with Crippen molar-refractivity contribution in [3.8, 4) is 0 Å². The van der Waals surface area contributed by atoms with Gasteiger partial charge in [-0.05, 0) is 41.3 Å². The van der Waals surface area contributed by atoms with Gasteiger partial charge in [0, 0.05) is 42.4 Å². The van der Waals surface area contributed by atoms with Gasteiger partial charge in [0.2, 0.25) is 5.91 Å². The van der Waals surface area contributed by atoms with Gasteiger partial charge in [-0.25, -0.2) is 4.79 Å². The Morgan fingerprint density at radius 1 is 1.15 bits per heavy atom. The van der Waals surface area contributed by atoms with Crippen LogP contribution in [0.15, 0.2) is 59.9 Å². The second-order valence-electron chi connectivity index (χ2n) is 9.30. The molecule has 34 heavy (non-hydrogen) atoms. The van der Waals surface area contributed by atoms with Crippen LogP contribution in [0.25, 0.3) is 10.9 Å². The molecular weight excluding hydrogens is 430 g/mol. The lowest BCUT2D eigenvalue weighted by molar-refractivity contribution is -0.139. The van der Waals surface area contributed by atoms with E-state index in [0.29, 0.717) is 17.1 Å². The van der Waals surface area contributed by atoms with Crippen LogP contribution in [0.2, 0.25) is 0 Å². The number of nitrogens with zero attached hydrogens (tertiary/aromatic N) is 2. The average molecular weight is 458 g/mol. The van der Waals surface area contributed by atoms with Crippen LogP contribution < -0.4 is 5.32 Å². The summed E-state index contributed by atoms with van der Waals surface area (Å²) < 4.78 is 7.08. The van der Waals surface area contributed by atoms with Gasteiger partial charge < -0.3 is 14.6 Å². The zero-order chi connectivity index (χ0) is 24.1. The van der Waals surface area contributed by atoms with Gasteiger partial charge in [-0.15, -0.1) is 0 Å². The zero-order valence-electron chi connectivity index (χ0n) is 19.7. The number of esters is 1. The summed E-state index contributed by atoms with van der Waals surface area (Å²) in [5.41, 5.74) is 5.66. The summed E-state index contributed by atoms with van der Waals surface area (Å²) in [6.45, 7) is 6.82. The summed E-state index contributed by atoms with van der Waals surface area (Å²) >= 11 is 0. The minimum atomic E-state index is -0.412. The number of ether oxygens (including phenoxy) is 1. The fraction of sp³-hybridized carbons (Fsp3) is 0.296. The molecule has 2 aromatic carbocycles. The van der Waals surface area contributed by atoms with Crippen molar-refractivity contribution in [2.24, 2.45) is 5.92 Å². The molecule has 1 atom stereocenters. The zero-order valence-corrected chi connectivity index (χ0v) is 19.7. The molecule has 2 amide bonds. The molecule has 1 aromatic heterocycles. The number of anilines is 1. The van der Waals surface area contributed by atoms with Crippen molar-refractivity contribution in [3.63, 3.8) is 0 Å². The van der Waals surface area contributed by atoms with Gasteiger partial charge >= 0.3 is 5.97 Å². The smallest absolute Gasteiger partial charge is 0.337 e. The molecule has 0 saturated heterocycles. The maximum atomic E-state index is 13.5. The van der Waals surface area contributed by atoms with Crippen molar-refractivity contribution in [1.82, 2.24) is 9.47 Å². The van der Waals surface area contributed by atoms with Crippen LogP contribution in [0.3, 0.4) is 0 Å². The van der Waals surface area contributed by atoms with Gasteiger partial charge in [0.05, 0.1) is 30.3 Å². The molecule has 1 N–H and O–H groups in total. The van der Waals surface area contributed by atoms with E-state index in [4.69, 9.17) is 4.74 Å². The van der Waals surface area contributed by atoms with Crippen LogP contribution in [0.5, 0.6) is 0 Å². The van der Waals surface area contributed by atoms with Crippen LogP contribution in [0, 0.1) is 5.92 Å². The third-order valence-electron chi connectivity index (χ3n) is 6.54. The van der Waals surface area contributed by atoms with E-state index in [1.165, 1.54) is 18.9 Å². The van der Waals surface area contributed by atoms with E-state index in [-0.39, 0.29) is 24.3 Å². The third kappa shape index (κ3) is 3.39. The molecule has 3 heterocycles. The van der Waals surface area contributed by atoms with Crippen LogP contribution in [0.1, 0.15) is 48.2 Å². The second kappa shape index (κ2) is 8.17. The fourth-order valence-corrected chi connectivity index (χ4v) is 5.09. The molecule has 0 saturated carbocycles. The summed E-state index contributed by atoms with van der Waals surface area (Å²) in [5.74, 6) is -0.919. The van der Waals surface area contributed by atoms with Crippen LogP contribution >= 0.6 is 0 Å². The first kappa shape index (κ1) is 21.9. The Hall–Kier alpha value is -3.87. The predicted octanol–water partition coefficient (Wildman–Crippen LogP) is 4.28. The SMILES string of the molecule is COC(=O)c1ccc([C@@H]2C3=C(CN(C(C)=O)C3=O)Nc3cccc4c3c2cn4CC(C)C)cc1. The molecule has 7 heteroatoms. The van der Waals surface area contributed by atoms with Crippen molar-refractivity contribution < 1.29 is 19.1 Å². The minimum Gasteiger partial charge on any atom is -0.465 e. The van der Waals surface area contributed by atoms with E-state index in [2.05, 4.69) is 36.0 Å². The summed E-state index contributed by atoms with van der Waals surface area (Å²) in [7, 11) is 1.35. The number of methoxy groups -OCH3 is 1. The van der Waals surface area contributed by atoms with E-state index in [1.54, 1.807) is 12.1 Å². The average Bonchev–Trinajstić information content (AvgIpc) is 3.28. The Bertz CT molecular complexity index is 1360. The lowest BCUT2D eigenvalue weighted by Gasteiger charge is -2.19. The maximum absolute atomic E-state index is 13.5. The highest BCUT2D eigenvalue weighted by Gasteiger charge is 2.41. The topological polar surface area (TPSA) is 80.6 Å². The molecule has 0 spiro atoms. The molecule has 5 rings (SSSR count). The molecule has 2 aliphatic rings. The van der Waals surface area contributed by atoms with Gasteiger partial charge in [-0.2, -0.15) is 0 Å². The summed E-state index contributed by atoms with van der Waals surface area (Å²) in [5, 5.41) is 4.55. The third-order valence-corrected chi connectivity index (χ3v) is 6.54. The Labute approximate surface area is 198 Å². The highest BCUT2D eigenvalue weighted by Crippen LogP contribution is 2.46. The second-order valence-corrected chi connectivity index (χ2v) is 9.30. The number of rotatable bonds is 4. The molecule has 2 aliphatic heterocycles. The largest absolute Gasteiger partial charge is 0.465 e. The van der Waals surface area contributed by atoms with Crippen molar-refractivity contribution in [2.75, 3.05) is 19.0 Å². The van der Waals surface area contributed by atoms with Gasteiger partial charge in [0.15, 0.2) is 0 Å². The Morgan fingerprint density at radius 3 is 2.53 bits per heavy atom. The molecule has 0 unspecified atom stereocenters. The number of carbonyl (C=O) groups excluding carboxylic acids is 3. The molecule has 0 radical (unpaired) electrons. The number of amides is 2. The molecule has 0 bridgehead atoms. The van der Waals surface area contributed by atoms with Crippen LogP contribution in [-0.4, -0.2) is 40.9 Å². The molecule has 3 aromatic rings. The standard InChI is InChI=1S/C27H27N3O4/c1-15(2)12-29-13-19-23(17-8-10-18(11-9-17)27(33)34-4)25-21(14-30(16(3)31)26(25)32)28-20-6-5-7-22(29)24(19)20/h5-11,13,15,23,28H,12,14H2,1-4H3/t23-/m0/s1. The van der Waals surface area contributed by atoms with Gasteiger partial charge in [0.1, 0.15) is 0 Å². The summed E-state index contributed by atoms with van der Waals surface area (Å²) in [4.78, 5) is 39.0. The Morgan fingerprint density at radius 2 is 1.88 bits per heavy atom. The predicted molar refractivity (Wildman–Crippen MR) is 129 cm³/mol. The van der Waals surface area contributed by atoms with Crippen LogP contribution in [0.4, 0.5) is 5.69 Å².